The molecule has 1 aliphatic rings. The second-order valence-electron chi connectivity index (χ2n) is 10.1. The third kappa shape index (κ3) is 6.49. The SMILES string of the molecule is CCC(=O)NC1CCN(c2ccc(NC(=O)Nc3ccc(C)c(Oc4ccnc5cc(OC)c(OC)cc45)c3)cc2)C1. The molecule has 1 fully saturated rings. The summed E-state index contributed by atoms with van der Waals surface area (Å²) in [5.41, 5.74) is 3.91. The van der Waals surface area contributed by atoms with E-state index in [4.69, 9.17) is 14.2 Å². The summed E-state index contributed by atoms with van der Waals surface area (Å²) in [5, 5.41) is 9.59. The molecule has 0 saturated carbocycles. The number of ether oxygens (including phenoxy) is 3. The van der Waals surface area contributed by atoms with Crippen LogP contribution in [0.15, 0.2) is 66.9 Å². The molecule has 0 bridgehead atoms. The van der Waals surface area contributed by atoms with Crippen molar-refractivity contribution >= 4 is 39.9 Å². The van der Waals surface area contributed by atoms with Crippen molar-refractivity contribution < 1.29 is 23.8 Å². The predicted octanol–water partition coefficient (Wildman–Crippen LogP) is 6.10. The maximum Gasteiger partial charge on any atom is 0.323 e. The van der Waals surface area contributed by atoms with Gasteiger partial charge < -0.3 is 35.1 Å². The minimum atomic E-state index is -0.368. The topological polar surface area (TPSA) is 114 Å². The number of methoxy groups -OCH3 is 2. The van der Waals surface area contributed by atoms with Gasteiger partial charge in [0.25, 0.3) is 0 Å². The van der Waals surface area contributed by atoms with Crippen molar-refractivity contribution in [1.29, 1.82) is 0 Å². The van der Waals surface area contributed by atoms with E-state index in [1.807, 2.05) is 56.3 Å². The van der Waals surface area contributed by atoms with Gasteiger partial charge in [0.15, 0.2) is 11.5 Å². The molecular formula is C32H35N5O5. The van der Waals surface area contributed by atoms with Crippen molar-refractivity contribution in [2.75, 3.05) is 42.8 Å². The second-order valence-corrected chi connectivity index (χ2v) is 10.1. The second kappa shape index (κ2) is 12.7. The Morgan fingerprint density at radius 2 is 1.62 bits per heavy atom. The number of anilines is 3. The summed E-state index contributed by atoms with van der Waals surface area (Å²) in [5.74, 6) is 2.43. The van der Waals surface area contributed by atoms with Crippen molar-refractivity contribution in [3.8, 4) is 23.0 Å². The van der Waals surface area contributed by atoms with Crippen LogP contribution in [-0.2, 0) is 4.79 Å². The number of aryl methyl sites for hydroxylation is 1. The van der Waals surface area contributed by atoms with E-state index >= 15 is 0 Å². The Morgan fingerprint density at radius 1 is 0.905 bits per heavy atom. The van der Waals surface area contributed by atoms with Gasteiger partial charge >= 0.3 is 6.03 Å². The number of carbonyl (C=O) groups excluding carboxylic acids is 2. The van der Waals surface area contributed by atoms with Gasteiger partial charge in [0, 0.05) is 66.3 Å². The molecular weight excluding hydrogens is 534 g/mol. The monoisotopic (exact) mass is 569 g/mol. The normalized spacial score (nSPS) is 14.4. The molecule has 1 aromatic heterocycles. The zero-order chi connectivity index (χ0) is 29.6. The van der Waals surface area contributed by atoms with Crippen molar-refractivity contribution in [2.24, 2.45) is 0 Å². The first-order valence-corrected chi connectivity index (χ1v) is 13.9. The molecule has 1 unspecified atom stereocenters. The molecule has 10 heteroatoms. The number of urea groups is 1. The van der Waals surface area contributed by atoms with Gasteiger partial charge in [-0.1, -0.05) is 13.0 Å². The molecule has 1 saturated heterocycles. The van der Waals surface area contributed by atoms with Crippen LogP contribution < -0.4 is 35.1 Å². The Kier molecular flexibility index (Phi) is 8.61. The van der Waals surface area contributed by atoms with Gasteiger partial charge in [-0.05, 0) is 61.4 Å². The summed E-state index contributed by atoms with van der Waals surface area (Å²) < 4.78 is 17.2. The van der Waals surface area contributed by atoms with Crippen LogP contribution in [-0.4, -0.2) is 50.3 Å². The molecule has 0 aliphatic carbocycles. The van der Waals surface area contributed by atoms with Gasteiger partial charge in [0.2, 0.25) is 5.91 Å². The summed E-state index contributed by atoms with van der Waals surface area (Å²) >= 11 is 0. The lowest BCUT2D eigenvalue weighted by molar-refractivity contribution is -0.121. The molecule has 3 N–H and O–H groups in total. The molecule has 5 rings (SSSR count). The maximum absolute atomic E-state index is 12.8. The number of nitrogens with one attached hydrogen (secondary N) is 3. The molecule has 1 atom stereocenters. The average molecular weight is 570 g/mol. The van der Waals surface area contributed by atoms with Crippen molar-refractivity contribution in [1.82, 2.24) is 10.3 Å². The molecule has 3 amide bonds. The molecule has 10 nitrogen and oxygen atoms in total. The highest BCUT2D eigenvalue weighted by Crippen LogP contribution is 2.38. The molecule has 3 aromatic carbocycles. The minimum Gasteiger partial charge on any atom is -0.493 e. The quantitative estimate of drug-likeness (QED) is 0.223. The van der Waals surface area contributed by atoms with Gasteiger partial charge in [-0.15, -0.1) is 0 Å². The summed E-state index contributed by atoms with van der Waals surface area (Å²) in [7, 11) is 3.16. The molecule has 2 heterocycles. The van der Waals surface area contributed by atoms with E-state index in [0.717, 1.165) is 36.1 Å². The Balaban J connectivity index is 1.23. The Bertz CT molecular complexity index is 1590. The van der Waals surface area contributed by atoms with Crippen molar-refractivity contribution in [3.63, 3.8) is 0 Å². The van der Waals surface area contributed by atoms with Crippen LogP contribution in [0.5, 0.6) is 23.0 Å². The molecule has 0 spiro atoms. The highest BCUT2D eigenvalue weighted by Gasteiger charge is 2.23. The molecule has 42 heavy (non-hydrogen) atoms. The first-order valence-electron chi connectivity index (χ1n) is 13.9. The summed E-state index contributed by atoms with van der Waals surface area (Å²) in [6, 6.07) is 18.4. The van der Waals surface area contributed by atoms with Crippen molar-refractivity contribution in [3.05, 3.63) is 72.4 Å². The number of fused-ring (bicyclic) bond motifs is 1. The van der Waals surface area contributed by atoms with E-state index in [0.29, 0.717) is 46.3 Å². The largest absolute Gasteiger partial charge is 0.493 e. The fourth-order valence-electron chi connectivity index (χ4n) is 4.93. The first-order chi connectivity index (χ1) is 20.4. The molecule has 1 aliphatic heterocycles. The zero-order valence-corrected chi connectivity index (χ0v) is 24.2. The van der Waals surface area contributed by atoms with Gasteiger partial charge in [-0.3, -0.25) is 9.78 Å². The van der Waals surface area contributed by atoms with Gasteiger partial charge in [0.05, 0.1) is 19.7 Å². The van der Waals surface area contributed by atoms with E-state index in [1.54, 1.807) is 38.6 Å². The smallest absolute Gasteiger partial charge is 0.323 e. The highest BCUT2D eigenvalue weighted by atomic mass is 16.5. The molecule has 4 aromatic rings. The Labute approximate surface area is 245 Å². The standard InChI is InChI=1S/C32H35N5O5/c1-5-31(38)34-23-13-15-37(19-23)24-10-8-21(9-11-24)35-32(39)36-22-7-6-20(2)28(16-22)42-27-12-14-33-26-18-30(41-4)29(40-3)17-25(26)27/h6-12,14,16-18,23H,5,13,15,19H2,1-4H3,(H,34,38)(H2,35,36,39). The lowest BCUT2D eigenvalue weighted by Crippen LogP contribution is -2.36. The zero-order valence-electron chi connectivity index (χ0n) is 24.2. The van der Waals surface area contributed by atoms with E-state index in [-0.39, 0.29) is 18.0 Å². The van der Waals surface area contributed by atoms with E-state index < -0.39 is 0 Å². The molecule has 218 valence electrons. The minimum absolute atomic E-state index is 0.0761. The van der Waals surface area contributed by atoms with Crippen LogP contribution in [0, 0.1) is 6.92 Å². The Morgan fingerprint density at radius 3 is 2.36 bits per heavy atom. The lowest BCUT2D eigenvalue weighted by atomic mass is 10.1. The number of nitrogens with zero attached hydrogens (tertiary/aromatic N) is 2. The van der Waals surface area contributed by atoms with Crippen molar-refractivity contribution in [2.45, 2.75) is 32.7 Å². The number of hydrogen-bond acceptors (Lipinski definition) is 7. The van der Waals surface area contributed by atoms with E-state index in [2.05, 4.69) is 25.8 Å². The van der Waals surface area contributed by atoms with Gasteiger partial charge in [0.1, 0.15) is 11.5 Å². The van der Waals surface area contributed by atoms with Crippen LogP contribution in [0.3, 0.4) is 0 Å². The van der Waals surface area contributed by atoms with Crippen LogP contribution in [0.2, 0.25) is 0 Å². The number of aromatic nitrogens is 1. The Hall–Kier alpha value is -4.99. The van der Waals surface area contributed by atoms with E-state index in [9.17, 15) is 9.59 Å². The van der Waals surface area contributed by atoms with Gasteiger partial charge in [-0.25, -0.2) is 4.79 Å². The fourth-order valence-corrected chi connectivity index (χ4v) is 4.93. The summed E-state index contributed by atoms with van der Waals surface area (Å²) in [6.07, 6.45) is 3.08. The van der Waals surface area contributed by atoms with Crippen LogP contribution in [0.4, 0.5) is 21.9 Å². The summed E-state index contributed by atoms with van der Waals surface area (Å²) in [6.45, 7) is 5.44. The first kappa shape index (κ1) is 28.5. The number of hydrogen-bond donors (Lipinski definition) is 3. The number of rotatable bonds is 9. The fraction of sp³-hybridized carbons (Fsp3) is 0.281. The third-order valence-corrected chi connectivity index (χ3v) is 7.24. The number of amides is 3. The highest BCUT2D eigenvalue weighted by molar-refractivity contribution is 6.00. The predicted molar refractivity (Wildman–Crippen MR) is 164 cm³/mol. The molecule has 0 radical (unpaired) electrons. The van der Waals surface area contributed by atoms with Crippen LogP contribution in [0.1, 0.15) is 25.3 Å². The average Bonchev–Trinajstić information content (AvgIpc) is 3.46. The van der Waals surface area contributed by atoms with Gasteiger partial charge in [-0.2, -0.15) is 0 Å². The lowest BCUT2D eigenvalue weighted by Gasteiger charge is -2.19. The van der Waals surface area contributed by atoms with Crippen LogP contribution >= 0.6 is 0 Å². The maximum atomic E-state index is 12.8. The van der Waals surface area contributed by atoms with Crippen LogP contribution in [0.25, 0.3) is 10.9 Å². The number of benzene rings is 3. The number of carbonyl (C=O) groups is 2. The third-order valence-electron chi connectivity index (χ3n) is 7.24. The number of pyridine rings is 1. The van der Waals surface area contributed by atoms with E-state index in [1.165, 1.54) is 0 Å². The summed E-state index contributed by atoms with van der Waals surface area (Å²) in [4.78, 5) is 31.2.